The number of benzene rings is 1. The van der Waals surface area contributed by atoms with E-state index in [-0.39, 0.29) is 5.92 Å². The number of rotatable bonds is 6. The Labute approximate surface area is 119 Å². The van der Waals surface area contributed by atoms with Crippen LogP contribution >= 0.6 is 0 Å². The second-order valence-corrected chi connectivity index (χ2v) is 5.11. The summed E-state index contributed by atoms with van der Waals surface area (Å²) in [5.74, 6) is -1.11. The van der Waals surface area contributed by atoms with Gasteiger partial charge in [0.25, 0.3) is 0 Å². The predicted molar refractivity (Wildman–Crippen MR) is 76.2 cm³/mol. The molecular weight excluding hydrogens is 256 g/mol. The highest BCUT2D eigenvalue weighted by molar-refractivity contribution is 5.92. The van der Waals surface area contributed by atoms with Crippen LogP contribution in [-0.2, 0) is 11.2 Å². The summed E-state index contributed by atoms with van der Waals surface area (Å²) in [6, 6.07) is 5.91. The van der Waals surface area contributed by atoms with Crippen LogP contribution in [0.5, 0.6) is 0 Å². The first-order valence-electron chi connectivity index (χ1n) is 6.80. The summed E-state index contributed by atoms with van der Waals surface area (Å²) in [5.41, 5.74) is 1.69. The first-order valence-corrected chi connectivity index (χ1v) is 6.80. The first kappa shape index (κ1) is 16.0. The van der Waals surface area contributed by atoms with Crippen LogP contribution in [0.15, 0.2) is 24.3 Å². The third-order valence-corrected chi connectivity index (χ3v) is 2.94. The number of anilines is 1. The molecule has 2 N–H and O–H groups in total. The lowest BCUT2D eigenvalue weighted by molar-refractivity contribution is -0.308. The smallest absolute Gasteiger partial charge is 0.319 e. The molecule has 0 saturated heterocycles. The van der Waals surface area contributed by atoms with E-state index in [4.69, 9.17) is 0 Å². The molecular formula is C15H21N2O3-. The highest BCUT2D eigenvalue weighted by Crippen LogP contribution is 2.15. The molecule has 0 aliphatic rings. The molecule has 110 valence electrons. The molecule has 1 rings (SSSR count). The number of urea groups is 1. The Bertz CT molecular complexity index is 472. The summed E-state index contributed by atoms with van der Waals surface area (Å²) >= 11 is 0. The number of carboxylic acids is 1. The maximum Gasteiger partial charge on any atom is 0.319 e. The van der Waals surface area contributed by atoms with Crippen LogP contribution in [0.1, 0.15) is 32.8 Å². The zero-order chi connectivity index (χ0) is 15.1. The van der Waals surface area contributed by atoms with Gasteiger partial charge < -0.3 is 20.5 Å². The van der Waals surface area contributed by atoms with Gasteiger partial charge in [-0.25, -0.2) is 4.79 Å². The van der Waals surface area contributed by atoms with E-state index in [0.717, 1.165) is 12.0 Å². The highest BCUT2D eigenvalue weighted by Gasteiger charge is 2.15. The van der Waals surface area contributed by atoms with Crippen LogP contribution in [0.3, 0.4) is 0 Å². The summed E-state index contributed by atoms with van der Waals surface area (Å²) in [6.07, 6.45) is 1.12. The molecule has 5 nitrogen and oxygen atoms in total. The number of aliphatic carboxylic acids is 1. The average Bonchev–Trinajstić information content (AvgIpc) is 2.37. The van der Waals surface area contributed by atoms with E-state index in [1.165, 1.54) is 0 Å². The molecule has 0 saturated carbocycles. The minimum Gasteiger partial charge on any atom is -0.548 e. The Balaban J connectivity index is 2.68. The second kappa shape index (κ2) is 7.53. The Kier molecular flexibility index (Phi) is 6.03. The van der Waals surface area contributed by atoms with Crippen LogP contribution < -0.4 is 15.7 Å². The van der Waals surface area contributed by atoms with Crippen molar-refractivity contribution in [2.75, 3.05) is 5.32 Å². The van der Waals surface area contributed by atoms with Gasteiger partial charge in [-0.05, 0) is 30.4 Å². The lowest BCUT2D eigenvalue weighted by Gasteiger charge is -2.22. The van der Waals surface area contributed by atoms with Crippen LogP contribution in [0.2, 0.25) is 0 Å². The van der Waals surface area contributed by atoms with Crippen LogP contribution in [0, 0.1) is 5.92 Å². The summed E-state index contributed by atoms with van der Waals surface area (Å²) in [5, 5.41) is 16.1. The molecule has 0 fully saturated rings. The van der Waals surface area contributed by atoms with Crippen molar-refractivity contribution in [2.45, 2.75) is 39.7 Å². The van der Waals surface area contributed by atoms with Gasteiger partial charge in [0.05, 0.1) is 12.0 Å². The fraction of sp³-hybridized carbons (Fsp3) is 0.467. The molecule has 0 unspecified atom stereocenters. The fourth-order valence-corrected chi connectivity index (χ4v) is 1.95. The third kappa shape index (κ3) is 4.91. The molecule has 1 aromatic rings. The van der Waals surface area contributed by atoms with Crippen molar-refractivity contribution >= 4 is 17.7 Å². The minimum atomic E-state index is -1.27. The lowest BCUT2D eigenvalue weighted by atomic mass is 10.0. The topological polar surface area (TPSA) is 81.3 Å². The van der Waals surface area contributed by atoms with Crippen LogP contribution in [-0.4, -0.2) is 18.0 Å². The van der Waals surface area contributed by atoms with Crippen molar-refractivity contribution in [1.82, 2.24) is 5.32 Å². The standard InChI is InChI=1S/C15H22N2O3/c1-4-11-7-5-6-8-12(11)16-15(20)17-13(14(18)19)9-10(2)3/h5-8,10,13H,4,9H2,1-3H3,(H,18,19)(H2,16,17,20)/p-1/t13-/m0/s1. The van der Waals surface area contributed by atoms with Crippen molar-refractivity contribution in [2.24, 2.45) is 5.92 Å². The van der Waals surface area contributed by atoms with Gasteiger partial charge in [-0.15, -0.1) is 0 Å². The Morgan fingerprint density at radius 3 is 2.45 bits per heavy atom. The van der Waals surface area contributed by atoms with Gasteiger partial charge in [0.15, 0.2) is 0 Å². The van der Waals surface area contributed by atoms with Gasteiger partial charge in [-0.2, -0.15) is 0 Å². The number of carbonyl (C=O) groups excluding carboxylic acids is 2. The largest absolute Gasteiger partial charge is 0.548 e. The number of para-hydroxylation sites is 1. The molecule has 0 aromatic heterocycles. The van der Waals surface area contributed by atoms with Crippen molar-refractivity contribution in [3.63, 3.8) is 0 Å². The van der Waals surface area contributed by atoms with Gasteiger partial charge >= 0.3 is 6.03 Å². The normalized spacial score (nSPS) is 12.0. The molecule has 1 atom stereocenters. The first-order chi connectivity index (χ1) is 9.43. The van der Waals surface area contributed by atoms with Crippen molar-refractivity contribution in [1.29, 1.82) is 0 Å². The van der Waals surface area contributed by atoms with Gasteiger partial charge in [0, 0.05) is 5.69 Å². The van der Waals surface area contributed by atoms with Gasteiger partial charge in [-0.1, -0.05) is 39.0 Å². The van der Waals surface area contributed by atoms with E-state index >= 15 is 0 Å². The van der Waals surface area contributed by atoms with Gasteiger partial charge in [0.2, 0.25) is 0 Å². The number of hydrogen-bond donors (Lipinski definition) is 2. The molecule has 0 bridgehead atoms. The van der Waals surface area contributed by atoms with Crippen molar-refractivity contribution in [3.8, 4) is 0 Å². The molecule has 5 heteroatoms. The average molecular weight is 277 g/mol. The highest BCUT2D eigenvalue weighted by atomic mass is 16.4. The molecule has 0 spiro atoms. The molecule has 0 aliphatic heterocycles. The molecule has 0 aliphatic carbocycles. The summed E-state index contributed by atoms with van der Waals surface area (Å²) in [6.45, 7) is 5.77. The lowest BCUT2D eigenvalue weighted by Crippen LogP contribution is -2.49. The Morgan fingerprint density at radius 1 is 1.25 bits per heavy atom. The molecule has 2 amide bonds. The van der Waals surface area contributed by atoms with E-state index in [0.29, 0.717) is 12.1 Å². The van der Waals surface area contributed by atoms with E-state index in [1.807, 2.05) is 39.0 Å². The third-order valence-electron chi connectivity index (χ3n) is 2.94. The fourth-order valence-electron chi connectivity index (χ4n) is 1.95. The monoisotopic (exact) mass is 277 g/mol. The second-order valence-electron chi connectivity index (χ2n) is 5.11. The van der Waals surface area contributed by atoms with Crippen LogP contribution in [0.25, 0.3) is 0 Å². The molecule has 20 heavy (non-hydrogen) atoms. The van der Waals surface area contributed by atoms with Crippen molar-refractivity contribution in [3.05, 3.63) is 29.8 Å². The quantitative estimate of drug-likeness (QED) is 0.827. The van der Waals surface area contributed by atoms with Gasteiger partial charge in [-0.3, -0.25) is 0 Å². The zero-order valence-corrected chi connectivity index (χ0v) is 12.1. The number of carboxylic acid groups (broad SMARTS) is 1. The van der Waals surface area contributed by atoms with Crippen molar-refractivity contribution < 1.29 is 14.7 Å². The summed E-state index contributed by atoms with van der Waals surface area (Å²) < 4.78 is 0. The summed E-state index contributed by atoms with van der Waals surface area (Å²) in [4.78, 5) is 22.9. The summed E-state index contributed by atoms with van der Waals surface area (Å²) in [7, 11) is 0. The predicted octanol–water partition coefficient (Wildman–Crippen LogP) is 1.54. The maximum atomic E-state index is 11.9. The maximum absolute atomic E-state index is 11.9. The number of carbonyl (C=O) groups is 2. The number of hydrogen-bond acceptors (Lipinski definition) is 3. The van der Waals surface area contributed by atoms with E-state index in [2.05, 4.69) is 10.6 Å². The molecule has 0 radical (unpaired) electrons. The van der Waals surface area contributed by atoms with Gasteiger partial charge in [0.1, 0.15) is 0 Å². The SMILES string of the molecule is CCc1ccccc1NC(=O)N[C@@H](CC(C)C)C(=O)[O-]. The molecule has 0 heterocycles. The Hall–Kier alpha value is -2.04. The van der Waals surface area contributed by atoms with Crippen LogP contribution in [0.4, 0.5) is 10.5 Å². The van der Waals surface area contributed by atoms with E-state index in [9.17, 15) is 14.7 Å². The number of aryl methyl sites for hydroxylation is 1. The molecule has 1 aromatic carbocycles. The van der Waals surface area contributed by atoms with E-state index in [1.54, 1.807) is 6.07 Å². The minimum absolute atomic E-state index is 0.154. The zero-order valence-electron chi connectivity index (χ0n) is 12.1. The number of amides is 2. The van der Waals surface area contributed by atoms with E-state index < -0.39 is 18.0 Å². The Morgan fingerprint density at radius 2 is 1.90 bits per heavy atom. The number of nitrogens with one attached hydrogen (secondary N) is 2.